The first kappa shape index (κ1) is 11.3. The minimum absolute atomic E-state index is 1.15. The molecule has 18 heavy (non-hydrogen) atoms. The molecule has 3 rings (SSSR count). The summed E-state index contributed by atoms with van der Waals surface area (Å²) in [5.41, 5.74) is 3.83. The van der Waals surface area contributed by atoms with E-state index in [0.29, 0.717) is 0 Å². The van der Waals surface area contributed by atoms with Crippen LogP contribution < -0.4 is 5.32 Å². The lowest BCUT2D eigenvalue weighted by atomic mass is 10.1. The lowest BCUT2D eigenvalue weighted by Crippen LogP contribution is -1.86. The molecule has 1 N–H and O–H groups in total. The van der Waals surface area contributed by atoms with Gasteiger partial charge in [-0.1, -0.05) is 30.3 Å². The zero-order valence-electron chi connectivity index (χ0n) is 10.5. The number of thiophene rings is 1. The van der Waals surface area contributed by atoms with Crippen LogP contribution >= 0.6 is 11.3 Å². The van der Waals surface area contributed by atoms with Gasteiger partial charge in [0.2, 0.25) is 0 Å². The van der Waals surface area contributed by atoms with Crippen molar-refractivity contribution >= 4 is 27.1 Å². The lowest BCUT2D eigenvalue weighted by Gasteiger charge is -2.03. The van der Waals surface area contributed by atoms with Gasteiger partial charge in [-0.05, 0) is 41.6 Å². The molecule has 0 aliphatic carbocycles. The Morgan fingerprint density at radius 1 is 0.944 bits per heavy atom. The molecule has 0 aliphatic heterocycles. The van der Waals surface area contributed by atoms with Gasteiger partial charge in [0.1, 0.15) is 0 Å². The topological polar surface area (TPSA) is 12.0 Å². The molecule has 3 aromatic rings. The number of hydrogen-bond donors (Lipinski definition) is 1. The number of hydrogen-bond acceptors (Lipinski definition) is 2. The van der Waals surface area contributed by atoms with Crippen molar-refractivity contribution in [3.05, 3.63) is 54.1 Å². The molecular weight excluding hydrogens is 238 g/mol. The van der Waals surface area contributed by atoms with Gasteiger partial charge in [0.25, 0.3) is 0 Å². The van der Waals surface area contributed by atoms with Gasteiger partial charge in [-0.2, -0.15) is 0 Å². The van der Waals surface area contributed by atoms with Gasteiger partial charge in [0.05, 0.1) is 0 Å². The van der Waals surface area contributed by atoms with Crippen LogP contribution in [0.5, 0.6) is 0 Å². The molecule has 0 radical (unpaired) electrons. The molecule has 0 saturated carbocycles. The highest BCUT2D eigenvalue weighted by Crippen LogP contribution is 2.38. The molecule has 1 aromatic heterocycles. The third kappa shape index (κ3) is 1.79. The number of nitrogens with one attached hydrogen (secondary N) is 1. The number of benzene rings is 2. The Balaban J connectivity index is 2.15. The summed E-state index contributed by atoms with van der Waals surface area (Å²) in [6.45, 7) is 2.21. The van der Waals surface area contributed by atoms with Crippen molar-refractivity contribution in [2.45, 2.75) is 6.92 Å². The highest BCUT2D eigenvalue weighted by Gasteiger charge is 2.09. The SMILES string of the molecule is CNc1ccc(-c2sc3ccccc3c2C)cc1. The van der Waals surface area contributed by atoms with Crippen LogP contribution in [0, 0.1) is 6.92 Å². The third-order valence-electron chi connectivity index (χ3n) is 3.28. The van der Waals surface area contributed by atoms with E-state index in [1.807, 2.05) is 18.4 Å². The molecule has 1 nitrogen and oxygen atoms in total. The minimum Gasteiger partial charge on any atom is -0.388 e. The third-order valence-corrected chi connectivity index (χ3v) is 4.60. The molecule has 0 aliphatic rings. The summed E-state index contributed by atoms with van der Waals surface area (Å²) in [7, 11) is 1.94. The summed E-state index contributed by atoms with van der Waals surface area (Å²) in [5.74, 6) is 0. The van der Waals surface area contributed by atoms with Crippen molar-refractivity contribution in [1.82, 2.24) is 0 Å². The normalized spacial score (nSPS) is 10.8. The van der Waals surface area contributed by atoms with Crippen LogP contribution in [-0.2, 0) is 0 Å². The first-order valence-corrected chi connectivity index (χ1v) is 6.87. The number of anilines is 1. The maximum Gasteiger partial charge on any atom is 0.0384 e. The standard InChI is InChI=1S/C16H15NS/c1-11-14-5-3-4-6-15(14)18-16(11)12-7-9-13(17-2)10-8-12/h3-10,17H,1-2H3. The van der Waals surface area contributed by atoms with Crippen molar-refractivity contribution < 1.29 is 0 Å². The number of rotatable bonds is 2. The van der Waals surface area contributed by atoms with Gasteiger partial charge < -0.3 is 5.32 Å². The zero-order chi connectivity index (χ0) is 12.5. The Kier molecular flexibility index (Phi) is 2.80. The Morgan fingerprint density at radius 2 is 1.67 bits per heavy atom. The Labute approximate surface area is 111 Å². The highest BCUT2D eigenvalue weighted by atomic mass is 32.1. The predicted octanol–water partition coefficient (Wildman–Crippen LogP) is 4.92. The summed E-state index contributed by atoms with van der Waals surface area (Å²) in [4.78, 5) is 1.37. The fourth-order valence-corrected chi connectivity index (χ4v) is 3.45. The summed E-state index contributed by atoms with van der Waals surface area (Å²) in [5, 5.41) is 4.52. The van der Waals surface area contributed by atoms with Crippen LogP contribution in [0.1, 0.15) is 5.56 Å². The maximum absolute atomic E-state index is 3.15. The molecular formula is C16H15NS. The van der Waals surface area contributed by atoms with Gasteiger partial charge in [-0.25, -0.2) is 0 Å². The average molecular weight is 253 g/mol. The maximum atomic E-state index is 3.15. The molecule has 0 amide bonds. The Hall–Kier alpha value is -1.80. The second kappa shape index (κ2) is 4.46. The van der Waals surface area contributed by atoms with E-state index < -0.39 is 0 Å². The van der Waals surface area contributed by atoms with Crippen molar-refractivity contribution in [2.24, 2.45) is 0 Å². The van der Waals surface area contributed by atoms with E-state index in [9.17, 15) is 0 Å². The second-order valence-corrected chi connectivity index (χ2v) is 5.43. The van der Waals surface area contributed by atoms with E-state index in [4.69, 9.17) is 0 Å². The molecule has 0 atom stereocenters. The molecule has 1 heterocycles. The van der Waals surface area contributed by atoms with Gasteiger partial charge in [0.15, 0.2) is 0 Å². The van der Waals surface area contributed by atoms with Crippen LogP contribution in [-0.4, -0.2) is 7.05 Å². The van der Waals surface area contributed by atoms with E-state index in [1.54, 1.807) is 0 Å². The van der Waals surface area contributed by atoms with E-state index in [1.165, 1.54) is 26.1 Å². The summed E-state index contributed by atoms with van der Waals surface area (Å²) < 4.78 is 1.36. The average Bonchev–Trinajstić information content (AvgIpc) is 2.77. The van der Waals surface area contributed by atoms with E-state index in [0.717, 1.165) is 5.69 Å². The molecule has 0 fully saturated rings. The molecule has 0 spiro atoms. The number of fused-ring (bicyclic) bond motifs is 1. The van der Waals surface area contributed by atoms with E-state index in [-0.39, 0.29) is 0 Å². The summed E-state index contributed by atoms with van der Waals surface area (Å²) in [6.07, 6.45) is 0. The molecule has 0 saturated heterocycles. The van der Waals surface area contributed by atoms with Crippen LogP contribution in [0.3, 0.4) is 0 Å². The van der Waals surface area contributed by atoms with Crippen LogP contribution in [0.25, 0.3) is 20.5 Å². The fraction of sp³-hybridized carbons (Fsp3) is 0.125. The fourth-order valence-electron chi connectivity index (χ4n) is 2.24. The summed E-state index contributed by atoms with van der Waals surface area (Å²) >= 11 is 1.87. The van der Waals surface area contributed by atoms with Crippen LogP contribution in [0.2, 0.25) is 0 Å². The quantitative estimate of drug-likeness (QED) is 0.683. The van der Waals surface area contributed by atoms with Gasteiger partial charge in [-0.15, -0.1) is 11.3 Å². The zero-order valence-corrected chi connectivity index (χ0v) is 11.3. The Bertz CT molecular complexity index is 680. The van der Waals surface area contributed by atoms with Gasteiger partial charge in [-0.3, -0.25) is 0 Å². The van der Waals surface area contributed by atoms with Crippen LogP contribution in [0.4, 0.5) is 5.69 Å². The molecule has 2 aromatic carbocycles. The molecule has 0 unspecified atom stereocenters. The smallest absolute Gasteiger partial charge is 0.0384 e. The van der Waals surface area contributed by atoms with E-state index in [2.05, 4.69) is 60.8 Å². The molecule has 2 heteroatoms. The van der Waals surface area contributed by atoms with Gasteiger partial charge >= 0.3 is 0 Å². The second-order valence-electron chi connectivity index (χ2n) is 4.38. The number of aryl methyl sites for hydroxylation is 1. The highest BCUT2D eigenvalue weighted by molar-refractivity contribution is 7.22. The van der Waals surface area contributed by atoms with Gasteiger partial charge in [0, 0.05) is 22.3 Å². The first-order valence-electron chi connectivity index (χ1n) is 6.06. The minimum atomic E-state index is 1.15. The van der Waals surface area contributed by atoms with Crippen molar-refractivity contribution in [1.29, 1.82) is 0 Å². The van der Waals surface area contributed by atoms with Crippen molar-refractivity contribution in [2.75, 3.05) is 12.4 Å². The van der Waals surface area contributed by atoms with Crippen LogP contribution in [0.15, 0.2) is 48.5 Å². The predicted molar refractivity (Wildman–Crippen MR) is 81.5 cm³/mol. The van der Waals surface area contributed by atoms with E-state index >= 15 is 0 Å². The molecule has 90 valence electrons. The monoisotopic (exact) mass is 253 g/mol. The van der Waals surface area contributed by atoms with Crippen molar-refractivity contribution in [3.63, 3.8) is 0 Å². The molecule has 0 bridgehead atoms. The summed E-state index contributed by atoms with van der Waals surface area (Å²) in [6, 6.07) is 17.2. The van der Waals surface area contributed by atoms with Crippen molar-refractivity contribution in [3.8, 4) is 10.4 Å². The lowest BCUT2D eigenvalue weighted by molar-refractivity contribution is 1.51. The largest absolute Gasteiger partial charge is 0.388 e. The first-order chi connectivity index (χ1) is 8.79. The Morgan fingerprint density at radius 3 is 2.33 bits per heavy atom.